The number of halogens is 4. The van der Waals surface area contributed by atoms with Crippen LogP contribution in [0.3, 0.4) is 0 Å². The Morgan fingerprint density at radius 1 is 1.40 bits per heavy atom. The van der Waals surface area contributed by atoms with Crippen molar-refractivity contribution < 1.29 is 13.2 Å². The molecule has 0 spiro atoms. The summed E-state index contributed by atoms with van der Waals surface area (Å²) in [5.74, 6) is -0.334. The monoisotopic (exact) mass is 274 g/mol. The first-order valence-electron chi connectivity index (χ1n) is 2.34. The second-order valence-electron chi connectivity index (χ2n) is 1.57. The largest absolute Gasteiger partial charge is 0.447 e. The van der Waals surface area contributed by atoms with Crippen LogP contribution in [0.5, 0.6) is 0 Å². The van der Waals surface area contributed by atoms with Gasteiger partial charge in [0.1, 0.15) is 0 Å². The van der Waals surface area contributed by atoms with Crippen molar-refractivity contribution in [2.24, 2.45) is 0 Å². The molecule has 0 bridgehead atoms. The van der Waals surface area contributed by atoms with Crippen molar-refractivity contribution in [1.82, 2.24) is 0 Å². The van der Waals surface area contributed by atoms with Crippen LogP contribution in [0.25, 0.3) is 0 Å². The third-order valence-corrected chi connectivity index (χ3v) is 2.59. The first-order chi connectivity index (χ1) is 4.61. The number of alkyl halides is 2. The minimum absolute atomic E-state index is 0.294. The van der Waals surface area contributed by atoms with Gasteiger partial charge in [0.2, 0.25) is 0 Å². The first-order valence-corrected chi connectivity index (χ1v) is 3.92. The van der Waals surface area contributed by atoms with E-state index in [4.69, 9.17) is 0 Å². The lowest BCUT2D eigenvalue weighted by atomic mass is 10.5. The summed E-state index contributed by atoms with van der Waals surface area (Å²) < 4.78 is 29.0. The molecule has 10 heavy (non-hydrogen) atoms. The van der Waals surface area contributed by atoms with E-state index in [1.54, 1.807) is 0 Å². The van der Waals surface area contributed by atoms with E-state index in [1.165, 1.54) is 6.07 Å². The lowest BCUT2D eigenvalue weighted by molar-refractivity contribution is 0.120. The zero-order chi connectivity index (χ0) is 7.72. The van der Waals surface area contributed by atoms with E-state index in [-0.39, 0.29) is 5.76 Å². The van der Waals surface area contributed by atoms with Crippen molar-refractivity contribution in [3.05, 3.63) is 21.0 Å². The molecule has 0 aliphatic rings. The van der Waals surface area contributed by atoms with Crippen LogP contribution >= 0.6 is 31.9 Å². The van der Waals surface area contributed by atoms with Gasteiger partial charge < -0.3 is 4.42 Å². The Morgan fingerprint density at radius 2 is 2.00 bits per heavy atom. The van der Waals surface area contributed by atoms with E-state index in [0.717, 1.165) is 0 Å². The van der Waals surface area contributed by atoms with Crippen molar-refractivity contribution in [2.75, 3.05) is 0 Å². The summed E-state index contributed by atoms with van der Waals surface area (Å²) in [7, 11) is 0. The van der Waals surface area contributed by atoms with Crippen molar-refractivity contribution >= 4 is 31.9 Å². The van der Waals surface area contributed by atoms with Gasteiger partial charge in [-0.15, -0.1) is 0 Å². The van der Waals surface area contributed by atoms with Crippen LogP contribution in [0.2, 0.25) is 0 Å². The maximum absolute atomic E-state index is 11.8. The Kier molecular flexibility index (Phi) is 2.46. The predicted molar refractivity (Wildman–Crippen MR) is 39.1 cm³/mol. The van der Waals surface area contributed by atoms with E-state index < -0.39 is 6.43 Å². The summed E-state index contributed by atoms with van der Waals surface area (Å²) in [6.45, 7) is 0. The van der Waals surface area contributed by atoms with Crippen LogP contribution in [0.15, 0.2) is 19.6 Å². The summed E-state index contributed by atoms with van der Waals surface area (Å²) in [5.41, 5.74) is 0. The molecule has 0 aliphatic carbocycles. The minimum Gasteiger partial charge on any atom is -0.447 e. The van der Waals surface area contributed by atoms with E-state index >= 15 is 0 Å². The van der Waals surface area contributed by atoms with Gasteiger partial charge >= 0.3 is 0 Å². The molecule has 1 aromatic heterocycles. The Morgan fingerprint density at radius 3 is 2.20 bits per heavy atom. The average molecular weight is 276 g/mol. The summed E-state index contributed by atoms with van der Waals surface area (Å²) >= 11 is 5.95. The fourth-order valence-electron chi connectivity index (χ4n) is 0.471. The Balaban J connectivity index is 2.98. The SMILES string of the molecule is FC(F)c1cc(Br)c(Br)o1. The summed E-state index contributed by atoms with van der Waals surface area (Å²) in [6.07, 6.45) is -2.55. The highest BCUT2D eigenvalue weighted by atomic mass is 79.9. The molecule has 0 aliphatic heterocycles. The summed E-state index contributed by atoms with van der Waals surface area (Å²) in [6, 6.07) is 1.23. The smallest absolute Gasteiger partial charge is 0.295 e. The molecule has 1 nitrogen and oxygen atoms in total. The van der Waals surface area contributed by atoms with E-state index in [2.05, 4.69) is 36.3 Å². The molecule has 5 heteroatoms. The Bertz CT molecular complexity index is 214. The van der Waals surface area contributed by atoms with E-state index in [0.29, 0.717) is 9.14 Å². The molecular formula is C5H2Br2F2O. The van der Waals surface area contributed by atoms with Crippen LogP contribution in [0.1, 0.15) is 12.2 Å². The molecule has 0 radical (unpaired) electrons. The van der Waals surface area contributed by atoms with Crippen molar-refractivity contribution in [2.45, 2.75) is 6.43 Å². The van der Waals surface area contributed by atoms with Gasteiger partial charge in [0.05, 0.1) is 4.47 Å². The lowest BCUT2D eigenvalue weighted by Gasteiger charge is -1.88. The molecule has 0 amide bonds. The third kappa shape index (κ3) is 1.58. The van der Waals surface area contributed by atoms with Gasteiger partial charge in [-0.05, 0) is 31.9 Å². The predicted octanol–water partition coefficient (Wildman–Crippen LogP) is 3.74. The maximum atomic E-state index is 11.8. The van der Waals surface area contributed by atoms with E-state index in [1.807, 2.05) is 0 Å². The van der Waals surface area contributed by atoms with Gasteiger partial charge in [0.15, 0.2) is 10.4 Å². The summed E-state index contributed by atoms with van der Waals surface area (Å²) in [5, 5.41) is 0. The normalized spacial score (nSPS) is 10.9. The van der Waals surface area contributed by atoms with Crippen LogP contribution in [0, 0.1) is 0 Å². The minimum atomic E-state index is -2.55. The zero-order valence-electron chi connectivity index (χ0n) is 4.57. The molecule has 0 saturated carbocycles. The molecule has 56 valence electrons. The number of hydrogen-bond acceptors (Lipinski definition) is 1. The highest BCUT2D eigenvalue weighted by Gasteiger charge is 2.14. The van der Waals surface area contributed by atoms with Crippen LogP contribution in [0.4, 0.5) is 8.78 Å². The highest BCUT2D eigenvalue weighted by molar-refractivity contribution is 9.13. The van der Waals surface area contributed by atoms with Gasteiger partial charge in [-0.3, -0.25) is 0 Å². The molecule has 1 heterocycles. The van der Waals surface area contributed by atoms with Crippen LogP contribution in [-0.2, 0) is 0 Å². The van der Waals surface area contributed by atoms with Gasteiger partial charge in [-0.2, -0.15) is 0 Å². The lowest BCUT2D eigenvalue weighted by Crippen LogP contribution is -1.75. The highest BCUT2D eigenvalue weighted by Crippen LogP contribution is 2.31. The molecule has 1 rings (SSSR count). The van der Waals surface area contributed by atoms with Gasteiger partial charge in [-0.1, -0.05) is 0 Å². The third-order valence-electron chi connectivity index (χ3n) is 0.879. The first kappa shape index (κ1) is 8.20. The molecule has 0 unspecified atom stereocenters. The molecular weight excluding hydrogens is 274 g/mol. The van der Waals surface area contributed by atoms with Crippen molar-refractivity contribution in [3.63, 3.8) is 0 Å². The fraction of sp³-hybridized carbons (Fsp3) is 0.200. The number of rotatable bonds is 1. The second kappa shape index (κ2) is 3.00. The molecule has 0 aromatic carbocycles. The molecule has 0 N–H and O–H groups in total. The Hall–Kier alpha value is 0.1000. The average Bonchev–Trinajstić information content (AvgIpc) is 2.13. The standard InChI is InChI=1S/C5H2Br2F2O/c6-2-1-3(5(8)9)10-4(2)7/h1,5H. The molecule has 1 aromatic rings. The zero-order valence-corrected chi connectivity index (χ0v) is 7.75. The van der Waals surface area contributed by atoms with Gasteiger partial charge in [-0.25, -0.2) is 8.78 Å². The fourth-order valence-corrected chi connectivity index (χ4v) is 1.08. The molecule has 0 atom stereocenters. The van der Waals surface area contributed by atoms with E-state index in [9.17, 15) is 8.78 Å². The second-order valence-corrected chi connectivity index (χ2v) is 3.15. The van der Waals surface area contributed by atoms with Gasteiger partial charge in [0.25, 0.3) is 6.43 Å². The van der Waals surface area contributed by atoms with Crippen molar-refractivity contribution in [1.29, 1.82) is 0 Å². The quantitative estimate of drug-likeness (QED) is 0.761. The summed E-state index contributed by atoms with van der Waals surface area (Å²) in [4.78, 5) is 0. The molecule has 0 fully saturated rings. The Labute approximate surface area is 72.7 Å². The van der Waals surface area contributed by atoms with Crippen LogP contribution < -0.4 is 0 Å². The molecule has 0 saturated heterocycles. The topological polar surface area (TPSA) is 13.1 Å². The van der Waals surface area contributed by atoms with Gasteiger partial charge in [0, 0.05) is 6.07 Å². The maximum Gasteiger partial charge on any atom is 0.295 e. The number of hydrogen-bond donors (Lipinski definition) is 0. The van der Waals surface area contributed by atoms with Crippen molar-refractivity contribution in [3.8, 4) is 0 Å². The number of furan rings is 1. The van der Waals surface area contributed by atoms with Crippen LogP contribution in [-0.4, -0.2) is 0 Å².